The van der Waals surface area contributed by atoms with Gasteiger partial charge in [0.15, 0.2) is 0 Å². The van der Waals surface area contributed by atoms with Crippen molar-refractivity contribution in [3.05, 3.63) is 52.2 Å². The number of carbonyl (C=O) groups excluding carboxylic acids is 1. The molecular formula is C19H15NOS. The van der Waals surface area contributed by atoms with Crippen molar-refractivity contribution in [1.82, 2.24) is 0 Å². The Balaban J connectivity index is 2.16. The summed E-state index contributed by atoms with van der Waals surface area (Å²) >= 11 is 1.44. The molecule has 1 amide bonds. The van der Waals surface area contributed by atoms with Crippen LogP contribution in [-0.4, -0.2) is 11.5 Å². The summed E-state index contributed by atoms with van der Waals surface area (Å²) in [6, 6.07) is 10.4. The SMILES string of the molecule is Cc1c(C)c2c(C)c(c1-c1ccccc1)/c2=C1\SC=NC1=O. The molecule has 4 aromatic rings. The monoisotopic (exact) mass is 305 g/mol. The van der Waals surface area contributed by atoms with Gasteiger partial charge in [-0.25, -0.2) is 4.99 Å². The van der Waals surface area contributed by atoms with Gasteiger partial charge in [0.1, 0.15) is 0 Å². The van der Waals surface area contributed by atoms with Gasteiger partial charge in [-0.05, 0) is 59.4 Å². The van der Waals surface area contributed by atoms with Gasteiger partial charge in [-0.2, -0.15) is 0 Å². The maximum Gasteiger partial charge on any atom is 0.284 e. The number of thioether (sulfide) groups is 1. The fourth-order valence-corrected chi connectivity index (χ4v) is 4.23. The highest BCUT2D eigenvalue weighted by molar-refractivity contribution is 8.21. The highest BCUT2D eigenvalue weighted by Crippen LogP contribution is 2.39. The molecule has 2 bridgehead atoms. The van der Waals surface area contributed by atoms with E-state index < -0.39 is 0 Å². The second-order valence-corrected chi connectivity index (χ2v) is 6.58. The zero-order chi connectivity index (χ0) is 15.4. The summed E-state index contributed by atoms with van der Waals surface area (Å²) in [5.41, 5.74) is 7.99. The minimum Gasteiger partial charge on any atom is -0.266 e. The van der Waals surface area contributed by atoms with Crippen LogP contribution in [-0.2, 0) is 4.79 Å². The molecule has 5 rings (SSSR count). The largest absolute Gasteiger partial charge is 0.284 e. The van der Waals surface area contributed by atoms with Gasteiger partial charge >= 0.3 is 0 Å². The zero-order valence-corrected chi connectivity index (χ0v) is 13.5. The summed E-state index contributed by atoms with van der Waals surface area (Å²) < 4.78 is 0. The Labute approximate surface area is 133 Å². The maximum atomic E-state index is 12.0. The van der Waals surface area contributed by atoms with E-state index in [0.29, 0.717) is 0 Å². The number of aryl methyl sites for hydroxylation is 2. The Morgan fingerprint density at radius 1 is 0.909 bits per heavy atom. The predicted molar refractivity (Wildman–Crippen MR) is 94.5 cm³/mol. The van der Waals surface area contributed by atoms with Crippen molar-refractivity contribution in [3.8, 4) is 11.1 Å². The van der Waals surface area contributed by atoms with Crippen molar-refractivity contribution in [3.63, 3.8) is 0 Å². The summed E-state index contributed by atoms with van der Waals surface area (Å²) in [5, 5.41) is 3.58. The van der Waals surface area contributed by atoms with Crippen LogP contribution in [0.25, 0.3) is 26.8 Å². The lowest BCUT2D eigenvalue weighted by molar-refractivity contribution is -0.112. The fourth-order valence-electron chi connectivity index (χ4n) is 3.50. The Bertz CT molecular complexity index is 986. The lowest BCUT2D eigenvalue weighted by Crippen LogP contribution is -2.22. The minimum absolute atomic E-state index is 0.109. The third kappa shape index (κ3) is 1.63. The van der Waals surface area contributed by atoms with Gasteiger partial charge in [-0.15, -0.1) is 0 Å². The first-order valence-corrected chi connectivity index (χ1v) is 8.17. The third-order valence-corrected chi connectivity index (χ3v) is 5.46. The van der Waals surface area contributed by atoms with E-state index >= 15 is 0 Å². The predicted octanol–water partition coefficient (Wildman–Crippen LogP) is 4.00. The molecule has 0 N–H and O–H groups in total. The van der Waals surface area contributed by atoms with Gasteiger partial charge in [0.05, 0.1) is 10.5 Å². The van der Waals surface area contributed by atoms with Crippen molar-refractivity contribution in [2.75, 3.05) is 0 Å². The van der Waals surface area contributed by atoms with E-state index in [9.17, 15) is 4.79 Å². The van der Waals surface area contributed by atoms with Crippen LogP contribution in [0.2, 0.25) is 0 Å². The number of aliphatic imine (C=N–C) groups is 1. The third-order valence-electron chi connectivity index (χ3n) is 4.64. The zero-order valence-electron chi connectivity index (χ0n) is 12.7. The van der Waals surface area contributed by atoms with E-state index in [1.165, 1.54) is 50.4 Å². The van der Waals surface area contributed by atoms with E-state index in [0.717, 1.165) is 10.1 Å². The number of fused-ring (bicyclic) bond motifs is 2. The molecule has 0 radical (unpaired) electrons. The summed E-state index contributed by atoms with van der Waals surface area (Å²) in [4.78, 5) is 16.7. The maximum absolute atomic E-state index is 12.0. The van der Waals surface area contributed by atoms with E-state index in [1.54, 1.807) is 5.55 Å². The van der Waals surface area contributed by atoms with Gasteiger partial charge in [-0.1, -0.05) is 42.1 Å². The molecule has 1 aliphatic heterocycles. The lowest BCUT2D eigenvalue weighted by Gasteiger charge is -2.24. The molecular weight excluding hydrogens is 290 g/mol. The topological polar surface area (TPSA) is 29.4 Å². The van der Waals surface area contributed by atoms with Gasteiger partial charge in [0.25, 0.3) is 5.91 Å². The molecule has 0 fully saturated rings. The molecule has 0 spiro atoms. The van der Waals surface area contributed by atoms with E-state index in [-0.39, 0.29) is 5.91 Å². The number of carbonyl (C=O) groups is 1. The standard InChI is InChI=1S/C19H15NOS/c1-10-11(2)15(13-7-5-4-6-8-13)16-12(3)14(10)17(16)18-19(21)20-9-22-18/h4-9H,1-3H3/b18-17-. The first kappa shape index (κ1) is 13.5. The van der Waals surface area contributed by atoms with Crippen LogP contribution in [0.3, 0.4) is 0 Å². The molecule has 22 heavy (non-hydrogen) atoms. The summed E-state index contributed by atoms with van der Waals surface area (Å²) in [5.74, 6) is -0.109. The van der Waals surface area contributed by atoms with Crippen LogP contribution >= 0.6 is 11.8 Å². The van der Waals surface area contributed by atoms with Crippen LogP contribution in [0, 0.1) is 20.8 Å². The lowest BCUT2D eigenvalue weighted by atomic mass is 9.80. The summed E-state index contributed by atoms with van der Waals surface area (Å²) in [6.07, 6.45) is 0. The molecule has 3 heteroatoms. The summed E-state index contributed by atoms with van der Waals surface area (Å²) in [7, 11) is 0. The van der Waals surface area contributed by atoms with Crippen molar-refractivity contribution >= 4 is 38.9 Å². The molecule has 1 heterocycles. The van der Waals surface area contributed by atoms with Crippen LogP contribution < -0.4 is 5.22 Å². The van der Waals surface area contributed by atoms with Crippen LogP contribution in [0.4, 0.5) is 0 Å². The highest BCUT2D eigenvalue weighted by Gasteiger charge is 2.26. The second kappa shape index (κ2) is 4.68. The van der Waals surface area contributed by atoms with Gasteiger partial charge in [0.2, 0.25) is 0 Å². The van der Waals surface area contributed by atoms with Crippen LogP contribution in [0.1, 0.15) is 16.7 Å². The smallest absolute Gasteiger partial charge is 0.266 e. The first-order chi connectivity index (χ1) is 10.6. The Morgan fingerprint density at radius 3 is 2.27 bits per heavy atom. The van der Waals surface area contributed by atoms with Gasteiger partial charge in [0, 0.05) is 5.22 Å². The van der Waals surface area contributed by atoms with Gasteiger partial charge in [-0.3, -0.25) is 4.79 Å². The molecule has 108 valence electrons. The normalized spacial score (nSPS) is 17.1. The van der Waals surface area contributed by atoms with E-state index in [4.69, 9.17) is 0 Å². The average Bonchev–Trinajstić information content (AvgIpc) is 2.94. The number of rotatable bonds is 1. The molecule has 0 saturated heterocycles. The Hall–Kier alpha value is -2.13. The number of hydrogen-bond acceptors (Lipinski definition) is 2. The van der Waals surface area contributed by atoms with Crippen LogP contribution in [0.15, 0.2) is 35.3 Å². The Kier molecular flexibility index (Phi) is 2.88. The van der Waals surface area contributed by atoms with Crippen molar-refractivity contribution in [2.24, 2.45) is 4.99 Å². The molecule has 0 aliphatic carbocycles. The minimum atomic E-state index is -0.109. The molecule has 1 aliphatic rings. The molecule has 4 aromatic carbocycles. The second-order valence-electron chi connectivity index (χ2n) is 5.73. The van der Waals surface area contributed by atoms with Gasteiger partial charge < -0.3 is 0 Å². The van der Waals surface area contributed by atoms with E-state index in [1.807, 2.05) is 6.07 Å². The molecule has 0 aromatic heterocycles. The quantitative estimate of drug-likeness (QED) is 0.680. The number of nitrogens with zero attached hydrogens (tertiary/aromatic N) is 1. The molecule has 0 atom stereocenters. The number of hydrogen-bond donors (Lipinski definition) is 0. The molecule has 2 nitrogen and oxygen atoms in total. The highest BCUT2D eigenvalue weighted by atomic mass is 32.2. The molecule has 0 saturated carbocycles. The first-order valence-electron chi connectivity index (χ1n) is 7.29. The van der Waals surface area contributed by atoms with Crippen molar-refractivity contribution < 1.29 is 4.79 Å². The van der Waals surface area contributed by atoms with Crippen molar-refractivity contribution in [2.45, 2.75) is 20.8 Å². The average molecular weight is 305 g/mol. The Morgan fingerprint density at radius 2 is 1.64 bits per heavy atom. The fraction of sp³-hybridized carbons (Fsp3) is 0.158. The van der Waals surface area contributed by atoms with E-state index in [2.05, 4.69) is 50.0 Å². The number of amides is 1. The number of benzene rings is 3. The van der Waals surface area contributed by atoms with Crippen molar-refractivity contribution in [1.29, 1.82) is 0 Å². The molecule has 0 unspecified atom stereocenters. The van der Waals surface area contributed by atoms with Crippen LogP contribution in [0.5, 0.6) is 0 Å². The summed E-state index contributed by atoms with van der Waals surface area (Å²) in [6.45, 7) is 6.47.